The monoisotopic (exact) mass is 219 g/mol. The Balaban J connectivity index is 2.17. The van der Waals surface area contributed by atoms with Crippen molar-refractivity contribution < 1.29 is 13.6 Å². The maximum Gasteiger partial charge on any atom is 0.259 e. The molecule has 1 N–H and O–H groups in total. The number of benzene rings is 1. The molecule has 0 fully saturated rings. The molecule has 0 bridgehead atoms. The first-order valence-corrected chi connectivity index (χ1v) is 4.78. The van der Waals surface area contributed by atoms with Crippen LogP contribution in [0.4, 0.5) is 10.1 Å². The summed E-state index contributed by atoms with van der Waals surface area (Å²) in [5, 5.41) is 2.59. The Morgan fingerprint density at radius 3 is 2.81 bits per heavy atom. The van der Waals surface area contributed by atoms with E-state index in [0.717, 1.165) is 0 Å². The maximum absolute atomic E-state index is 12.9. The van der Waals surface area contributed by atoms with Crippen LogP contribution in [0.2, 0.25) is 0 Å². The van der Waals surface area contributed by atoms with Gasteiger partial charge in [-0.25, -0.2) is 4.39 Å². The van der Waals surface area contributed by atoms with Gasteiger partial charge < -0.3 is 9.73 Å². The van der Waals surface area contributed by atoms with E-state index in [1.807, 2.05) is 0 Å². The number of rotatable bonds is 2. The molecular weight excluding hydrogens is 209 g/mol. The Kier molecular flexibility index (Phi) is 2.72. The standard InChI is InChI=1S/C12H10FNO2/c1-8-11(5-6-16-8)12(15)14-10-4-2-3-9(13)7-10/h2-7H,1H3,(H,14,15). The summed E-state index contributed by atoms with van der Waals surface area (Å²) >= 11 is 0. The lowest BCUT2D eigenvalue weighted by molar-refractivity contribution is 0.102. The number of halogens is 1. The summed E-state index contributed by atoms with van der Waals surface area (Å²) in [4.78, 5) is 11.7. The zero-order valence-corrected chi connectivity index (χ0v) is 8.66. The van der Waals surface area contributed by atoms with Crippen LogP contribution in [0.3, 0.4) is 0 Å². The summed E-state index contributed by atoms with van der Waals surface area (Å²) in [7, 11) is 0. The second-order valence-corrected chi connectivity index (χ2v) is 3.35. The lowest BCUT2D eigenvalue weighted by atomic mass is 10.2. The molecule has 0 aliphatic heterocycles. The number of aryl methyl sites for hydroxylation is 1. The molecular formula is C12H10FNO2. The zero-order valence-electron chi connectivity index (χ0n) is 8.66. The summed E-state index contributed by atoms with van der Waals surface area (Å²) < 4.78 is 17.9. The molecule has 0 saturated carbocycles. The van der Waals surface area contributed by atoms with E-state index >= 15 is 0 Å². The van der Waals surface area contributed by atoms with Crippen molar-refractivity contribution in [3.63, 3.8) is 0 Å². The molecule has 0 aliphatic carbocycles. The Morgan fingerprint density at radius 2 is 2.19 bits per heavy atom. The summed E-state index contributed by atoms with van der Waals surface area (Å²) in [6.07, 6.45) is 1.44. The third-order valence-corrected chi connectivity index (χ3v) is 2.19. The minimum absolute atomic E-state index is 0.308. The van der Waals surface area contributed by atoms with E-state index in [2.05, 4.69) is 5.32 Å². The van der Waals surface area contributed by atoms with Gasteiger partial charge in [0.25, 0.3) is 5.91 Å². The predicted octanol–water partition coefficient (Wildman–Crippen LogP) is 2.98. The molecule has 1 heterocycles. The minimum Gasteiger partial charge on any atom is -0.469 e. The molecule has 16 heavy (non-hydrogen) atoms. The largest absolute Gasteiger partial charge is 0.469 e. The van der Waals surface area contributed by atoms with E-state index in [1.54, 1.807) is 19.1 Å². The highest BCUT2D eigenvalue weighted by molar-refractivity contribution is 6.04. The van der Waals surface area contributed by atoms with Gasteiger partial charge in [-0.1, -0.05) is 6.07 Å². The molecule has 0 unspecified atom stereocenters. The van der Waals surface area contributed by atoms with Gasteiger partial charge in [0.1, 0.15) is 11.6 Å². The normalized spacial score (nSPS) is 10.1. The molecule has 3 nitrogen and oxygen atoms in total. The first kappa shape index (κ1) is 10.4. The van der Waals surface area contributed by atoms with Crippen LogP contribution < -0.4 is 5.32 Å². The van der Waals surface area contributed by atoms with Crippen LogP contribution in [-0.4, -0.2) is 5.91 Å². The van der Waals surface area contributed by atoms with Gasteiger partial charge in [-0.2, -0.15) is 0 Å². The molecule has 2 rings (SSSR count). The average molecular weight is 219 g/mol. The summed E-state index contributed by atoms with van der Waals surface area (Å²) in [6.45, 7) is 1.69. The van der Waals surface area contributed by atoms with Crippen LogP contribution in [0.15, 0.2) is 41.0 Å². The van der Waals surface area contributed by atoms with E-state index in [0.29, 0.717) is 17.0 Å². The number of carbonyl (C=O) groups excluding carboxylic acids is 1. The molecule has 1 aromatic heterocycles. The number of hydrogen-bond acceptors (Lipinski definition) is 2. The van der Waals surface area contributed by atoms with Crippen molar-refractivity contribution in [3.05, 3.63) is 53.7 Å². The van der Waals surface area contributed by atoms with Crippen LogP contribution >= 0.6 is 0 Å². The molecule has 4 heteroatoms. The second kappa shape index (κ2) is 4.18. The highest BCUT2D eigenvalue weighted by Gasteiger charge is 2.11. The first-order valence-electron chi connectivity index (χ1n) is 4.78. The van der Waals surface area contributed by atoms with Crippen LogP contribution in [-0.2, 0) is 0 Å². The van der Waals surface area contributed by atoms with Crippen LogP contribution in [0.1, 0.15) is 16.1 Å². The summed E-state index contributed by atoms with van der Waals surface area (Å²) in [5.41, 5.74) is 0.870. The molecule has 0 radical (unpaired) electrons. The van der Waals surface area contributed by atoms with E-state index in [4.69, 9.17) is 4.42 Å². The third kappa shape index (κ3) is 2.11. The molecule has 0 atom stereocenters. The molecule has 0 spiro atoms. The highest BCUT2D eigenvalue weighted by Crippen LogP contribution is 2.14. The van der Waals surface area contributed by atoms with Gasteiger partial charge in [0.15, 0.2) is 0 Å². The van der Waals surface area contributed by atoms with Gasteiger partial charge in [0.2, 0.25) is 0 Å². The summed E-state index contributed by atoms with van der Waals surface area (Å²) in [6, 6.07) is 7.31. The number of furan rings is 1. The first-order chi connectivity index (χ1) is 7.66. The van der Waals surface area contributed by atoms with Gasteiger partial charge in [0, 0.05) is 5.69 Å². The van der Waals surface area contributed by atoms with E-state index in [9.17, 15) is 9.18 Å². The number of carbonyl (C=O) groups is 1. The lowest BCUT2D eigenvalue weighted by Crippen LogP contribution is -2.12. The molecule has 1 aromatic carbocycles. The fourth-order valence-corrected chi connectivity index (χ4v) is 1.39. The topological polar surface area (TPSA) is 42.2 Å². The average Bonchev–Trinajstić information content (AvgIpc) is 2.64. The van der Waals surface area contributed by atoms with Gasteiger partial charge >= 0.3 is 0 Å². The molecule has 0 saturated heterocycles. The van der Waals surface area contributed by atoms with Crippen molar-refractivity contribution in [3.8, 4) is 0 Å². The van der Waals surface area contributed by atoms with Crippen LogP contribution in [0.25, 0.3) is 0 Å². The van der Waals surface area contributed by atoms with Gasteiger partial charge in [0.05, 0.1) is 11.8 Å². The van der Waals surface area contributed by atoms with E-state index < -0.39 is 0 Å². The Hall–Kier alpha value is -2.10. The molecule has 0 aliphatic rings. The fraction of sp³-hybridized carbons (Fsp3) is 0.0833. The number of anilines is 1. The fourth-order valence-electron chi connectivity index (χ4n) is 1.39. The van der Waals surface area contributed by atoms with Crippen molar-refractivity contribution in [2.75, 3.05) is 5.32 Å². The van der Waals surface area contributed by atoms with Gasteiger partial charge in [-0.15, -0.1) is 0 Å². The van der Waals surface area contributed by atoms with Gasteiger partial charge in [-0.05, 0) is 31.2 Å². The van der Waals surface area contributed by atoms with Crippen molar-refractivity contribution in [1.82, 2.24) is 0 Å². The Bertz CT molecular complexity index is 519. The molecule has 82 valence electrons. The lowest BCUT2D eigenvalue weighted by Gasteiger charge is -2.03. The van der Waals surface area contributed by atoms with Crippen molar-refractivity contribution >= 4 is 11.6 Å². The minimum atomic E-state index is -0.387. The van der Waals surface area contributed by atoms with Crippen molar-refractivity contribution in [2.24, 2.45) is 0 Å². The smallest absolute Gasteiger partial charge is 0.259 e. The SMILES string of the molecule is Cc1occc1C(=O)Nc1cccc(F)c1. The third-order valence-electron chi connectivity index (χ3n) is 2.19. The second-order valence-electron chi connectivity index (χ2n) is 3.35. The van der Waals surface area contributed by atoms with Gasteiger partial charge in [-0.3, -0.25) is 4.79 Å². The quantitative estimate of drug-likeness (QED) is 0.843. The molecule has 2 aromatic rings. The maximum atomic E-state index is 12.9. The predicted molar refractivity (Wildman–Crippen MR) is 57.8 cm³/mol. The molecule has 1 amide bonds. The zero-order chi connectivity index (χ0) is 11.5. The number of hydrogen-bond donors (Lipinski definition) is 1. The van der Waals surface area contributed by atoms with Crippen LogP contribution in [0.5, 0.6) is 0 Å². The van der Waals surface area contributed by atoms with Crippen molar-refractivity contribution in [1.29, 1.82) is 0 Å². The highest BCUT2D eigenvalue weighted by atomic mass is 19.1. The van der Waals surface area contributed by atoms with Crippen LogP contribution in [0, 0.1) is 12.7 Å². The number of nitrogens with one attached hydrogen (secondary N) is 1. The van der Waals surface area contributed by atoms with E-state index in [1.165, 1.54) is 24.5 Å². The van der Waals surface area contributed by atoms with Crippen molar-refractivity contribution in [2.45, 2.75) is 6.92 Å². The van der Waals surface area contributed by atoms with E-state index in [-0.39, 0.29) is 11.7 Å². The number of amides is 1. The Morgan fingerprint density at radius 1 is 1.38 bits per heavy atom. The Labute approximate surface area is 91.9 Å². The summed E-state index contributed by atoms with van der Waals surface area (Å²) in [5.74, 6) is -0.160.